The van der Waals surface area contributed by atoms with E-state index >= 15 is 0 Å². The number of esters is 1. The zero-order valence-electron chi connectivity index (χ0n) is 10.5. The van der Waals surface area contributed by atoms with Gasteiger partial charge in [0.2, 0.25) is 0 Å². The Hall–Kier alpha value is -2.43. The summed E-state index contributed by atoms with van der Waals surface area (Å²) in [7, 11) is 0. The van der Waals surface area contributed by atoms with Crippen LogP contribution in [0.5, 0.6) is 0 Å². The van der Waals surface area contributed by atoms with Crippen molar-refractivity contribution in [3.63, 3.8) is 0 Å². The lowest BCUT2D eigenvalue weighted by atomic mass is 10.1. The van der Waals surface area contributed by atoms with E-state index in [1.807, 2.05) is 19.1 Å². The van der Waals surface area contributed by atoms with Crippen molar-refractivity contribution in [3.8, 4) is 0 Å². The Kier molecular flexibility index (Phi) is 3.75. The molecular formula is C14H13NO4. The first-order valence-corrected chi connectivity index (χ1v) is 5.87. The number of carbonyl (C=O) groups excluding carboxylic acids is 1. The first kappa shape index (κ1) is 13.0. The fraction of sp³-hybridized carbons (Fsp3) is 0.214. The highest BCUT2D eigenvalue weighted by atomic mass is 16.6. The molecule has 1 saturated heterocycles. The van der Waals surface area contributed by atoms with Crippen LogP contribution in [0, 0.1) is 10.1 Å². The lowest BCUT2D eigenvalue weighted by Gasteiger charge is -1.97. The molecule has 1 heterocycles. The largest absolute Gasteiger partial charge is 0.462 e. The van der Waals surface area contributed by atoms with Gasteiger partial charge in [0.25, 0.3) is 5.69 Å². The molecule has 1 fully saturated rings. The molecule has 98 valence electrons. The first-order chi connectivity index (χ1) is 9.08. The van der Waals surface area contributed by atoms with Crippen molar-refractivity contribution in [2.45, 2.75) is 13.3 Å². The van der Waals surface area contributed by atoms with Crippen LogP contribution in [0.2, 0.25) is 0 Å². The van der Waals surface area contributed by atoms with Crippen LogP contribution in [0.4, 0.5) is 5.69 Å². The predicted octanol–water partition coefficient (Wildman–Crippen LogP) is 2.87. The topological polar surface area (TPSA) is 69.4 Å². The summed E-state index contributed by atoms with van der Waals surface area (Å²) in [5.74, 6) is -0.258. The number of allylic oxidation sites excluding steroid dienone is 2. The maximum absolute atomic E-state index is 11.4. The third-order valence-corrected chi connectivity index (χ3v) is 2.94. The van der Waals surface area contributed by atoms with Crippen molar-refractivity contribution in [1.29, 1.82) is 0 Å². The van der Waals surface area contributed by atoms with E-state index in [9.17, 15) is 14.9 Å². The lowest BCUT2D eigenvalue weighted by molar-refractivity contribution is -0.384. The Bertz CT molecular complexity index is 570. The molecule has 19 heavy (non-hydrogen) atoms. The summed E-state index contributed by atoms with van der Waals surface area (Å²) in [6, 6.07) is 6.23. The number of hydrogen-bond donors (Lipinski definition) is 0. The molecule has 0 aliphatic carbocycles. The van der Waals surface area contributed by atoms with Crippen molar-refractivity contribution in [2.75, 3.05) is 6.61 Å². The normalized spacial score (nSPS) is 17.6. The van der Waals surface area contributed by atoms with E-state index in [-0.39, 0.29) is 11.7 Å². The number of rotatable bonds is 3. The van der Waals surface area contributed by atoms with Crippen molar-refractivity contribution in [1.82, 2.24) is 0 Å². The second-order valence-electron chi connectivity index (χ2n) is 4.23. The van der Waals surface area contributed by atoms with Crippen LogP contribution < -0.4 is 0 Å². The van der Waals surface area contributed by atoms with Gasteiger partial charge in [-0.05, 0) is 30.2 Å². The summed E-state index contributed by atoms with van der Waals surface area (Å²) in [5.41, 5.74) is 2.46. The monoisotopic (exact) mass is 259 g/mol. The van der Waals surface area contributed by atoms with Gasteiger partial charge in [0.05, 0.1) is 11.5 Å². The number of benzene rings is 1. The number of non-ortho nitro benzene ring substituents is 1. The average molecular weight is 259 g/mol. The van der Waals surface area contributed by atoms with Gasteiger partial charge >= 0.3 is 5.97 Å². The van der Waals surface area contributed by atoms with E-state index in [0.29, 0.717) is 18.6 Å². The maximum atomic E-state index is 11.4. The molecule has 1 aromatic rings. The zero-order valence-corrected chi connectivity index (χ0v) is 10.5. The van der Waals surface area contributed by atoms with Crippen molar-refractivity contribution < 1.29 is 14.5 Å². The standard InChI is InChI=1S/C14H13NO4/c1-10(13-8-9-19-14(13)16)2-3-11-4-6-12(7-5-11)15(17)18/h2-7H,8-9H2,1H3/b3-2-,13-10-. The highest BCUT2D eigenvalue weighted by Gasteiger charge is 2.19. The Labute approximate surface area is 110 Å². The van der Waals surface area contributed by atoms with E-state index in [4.69, 9.17) is 4.74 Å². The molecule has 0 spiro atoms. The molecule has 0 atom stereocenters. The van der Waals surface area contributed by atoms with Crippen LogP contribution >= 0.6 is 0 Å². The molecule has 0 amide bonds. The molecular weight excluding hydrogens is 246 g/mol. The molecule has 0 bridgehead atoms. The number of hydrogen-bond acceptors (Lipinski definition) is 4. The molecule has 0 unspecified atom stereocenters. The van der Waals surface area contributed by atoms with E-state index in [1.165, 1.54) is 12.1 Å². The molecule has 0 N–H and O–H groups in total. The minimum Gasteiger partial charge on any atom is -0.462 e. The smallest absolute Gasteiger partial charge is 0.334 e. The van der Waals surface area contributed by atoms with Crippen LogP contribution in [-0.2, 0) is 9.53 Å². The van der Waals surface area contributed by atoms with E-state index < -0.39 is 4.92 Å². The number of nitro benzene ring substituents is 1. The molecule has 5 nitrogen and oxygen atoms in total. The third kappa shape index (κ3) is 3.07. The van der Waals surface area contributed by atoms with Gasteiger partial charge in [0.15, 0.2) is 0 Å². The zero-order chi connectivity index (χ0) is 13.8. The van der Waals surface area contributed by atoms with Crippen molar-refractivity contribution in [2.24, 2.45) is 0 Å². The van der Waals surface area contributed by atoms with Gasteiger partial charge in [-0.2, -0.15) is 0 Å². The summed E-state index contributed by atoms with van der Waals surface area (Å²) in [4.78, 5) is 21.4. The SMILES string of the molecule is CC(/C=C\c1ccc([N+](=O)[O-])cc1)=C1\CCOC1=O. The third-order valence-electron chi connectivity index (χ3n) is 2.94. The van der Waals surface area contributed by atoms with Gasteiger partial charge in [0, 0.05) is 24.1 Å². The first-order valence-electron chi connectivity index (χ1n) is 5.87. The Morgan fingerprint density at radius 3 is 2.58 bits per heavy atom. The van der Waals surface area contributed by atoms with E-state index in [2.05, 4.69) is 0 Å². The molecule has 0 saturated carbocycles. The van der Waals surface area contributed by atoms with Crippen LogP contribution in [0.3, 0.4) is 0 Å². The van der Waals surface area contributed by atoms with Crippen LogP contribution in [0.25, 0.3) is 6.08 Å². The van der Waals surface area contributed by atoms with Crippen LogP contribution in [-0.4, -0.2) is 17.5 Å². The lowest BCUT2D eigenvalue weighted by Crippen LogP contribution is -1.96. The van der Waals surface area contributed by atoms with E-state index in [1.54, 1.807) is 12.1 Å². The van der Waals surface area contributed by atoms with Gasteiger partial charge in [0.1, 0.15) is 0 Å². The Morgan fingerprint density at radius 2 is 2.05 bits per heavy atom. The highest BCUT2D eigenvalue weighted by molar-refractivity contribution is 5.91. The fourth-order valence-corrected chi connectivity index (χ4v) is 1.82. The molecule has 2 rings (SSSR count). The fourth-order valence-electron chi connectivity index (χ4n) is 1.82. The summed E-state index contributed by atoms with van der Waals surface area (Å²) in [5, 5.41) is 10.5. The Morgan fingerprint density at radius 1 is 1.37 bits per heavy atom. The van der Waals surface area contributed by atoms with E-state index in [0.717, 1.165) is 11.1 Å². The number of cyclic esters (lactones) is 1. The summed E-state index contributed by atoms with van der Waals surface area (Å²) in [6.45, 7) is 2.29. The van der Waals surface area contributed by atoms with Gasteiger partial charge in [-0.15, -0.1) is 0 Å². The predicted molar refractivity (Wildman–Crippen MR) is 70.4 cm³/mol. The number of nitro groups is 1. The molecule has 0 radical (unpaired) electrons. The van der Waals surface area contributed by atoms with Gasteiger partial charge in [-0.3, -0.25) is 10.1 Å². The summed E-state index contributed by atoms with van der Waals surface area (Å²) < 4.78 is 4.88. The molecule has 0 aromatic heterocycles. The van der Waals surface area contributed by atoms with Gasteiger partial charge < -0.3 is 4.74 Å². The van der Waals surface area contributed by atoms with Crippen LogP contribution in [0.1, 0.15) is 18.9 Å². The molecule has 1 aliphatic heterocycles. The quantitative estimate of drug-likeness (QED) is 0.362. The van der Waals surface area contributed by atoms with Crippen molar-refractivity contribution >= 4 is 17.7 Å². The second kappa shape index (κ2) is 5.48. The summed E-state index contributed by atoms with van der Waals surface area (Å²) >= 11 is 0. The number of nitrogens with zero attached hydrogens (tertiary/aromatic N) is 1. The Balaban J connectivity index is 2.14. The minimum absolute atomic E-state index is 0.0617. The molecule has 1 aromatic carbocycles. The summed E-state index contributed by atoms with van der Waals surface area (Å²) in [6.07, 6.45) is 4.27. The van der Waals surface area contributed by atoms with Crippen LogP contribution in [0.15, 0.2) is 41.5 Å². The molecule has 1 aliphatic rings. The maximum Gasteiger partial charge on any atom is 0.334 e. The van der Waals surface area contributed by atoms with Gasteiger partial charge in [-0.1, -0.05) is 12.2 Å². The highest BCUT2D eigenvalue weighted by Crippen LogP contribution is 2.19. The number of carbonyl (C=O) groups is 1. The average Bonchev–Trinajstić information content (AvgIpc) is 2.83. The minimum atomic E-state index is -0.435. The van der Waals surface area contributed by atoms with Gasteiger partial charge in [-0.25, -0.2) is 4.79 Å². The molecule has 5 heteroatoms. The van der Waals surface area contributed by atoms with Crippen molar-refractivity contribution in [3.05, 3.63) is 57.2 Å². The number of ether oxygens (including phenoxy) is 1. The second-order valence-corrected chi connectivity index (χ2v) is 4.23.